The fourth-order valence-electron chi connectivity index (χ4n) is 4.73. The van der Waals surface area contributed by atoms with Crippen LogP contribution in [0.3, 0.4) is 0 Å². The molecule has 2 amide bonds. The smallest absolute Gasteiger partial charge is 0.254 e. The number of hydrogen-bond donors (Lipinski definition) is 0. The fourth-order valence-corrected chi connectivity index (χ4v) is 4.73. The number of allylic oxidation sites excluding steroid dienone is 2. The third-order valence-electron chi connectivity index (χ3n) is 5.83. The maximum atomic E-state index is 12.9. The summed E-state index contributed by atoms with van der Waals surface area (Å²) in [5.41, 5.74) is 0.658. The quantitative estimate of drug-likeness (QED) is 0.478. The third kappa shape index (κ3) is 1.73. The molecule has 1 aromatic rings. The zero-order valence-electron chi connectivity index (χ0n) is 12.3. The molecule has 0 aromatic heterocycles. The average molecular weight is 310 g/mol. The molecule has 2 saturated carbocycles. The van der Waals surface area contributed by atoms with Gasteiger partial charge >= 0.3 is 0 Å². The number of imide groups is 1. The number of carbonyl (C=O) groups excluding carboxylic acids is 2. The van der Waals surface area contributed by atoms with Crippen molar-refractivity contribution in [3.8, 4) is 0 Å². The number of hydrogen-bond acceptors (Lipinski definition) is 3. The van der Waals surface area contributed by atoms with Crippen LogP contribution in [-0.4, -0.2) is 23.0 Å². The van der Waals surface area contributed by atoms with E-state index in [4.69, 9.17) is 0 Å². The minimum Gasteiger partial charge on any atom is -0.272 e. The van der Waals surface area contributed by atoms with Crippen LogP contribution in [0.4, 0.5) is 4.39 Å². The van der Waals surface area contributed by atoms with E-state index < -0.39 is 0 Å². The van der Waals surface area contributed by atoms with E-state index in [9.17, 15) is 14.0 Å². The van der Waals surface area contributed by atoms with Gasteiger partial charge in [-0.1, -0.05) is 24.3 Å². The van der Waals surface area contributed by atoms with Crippen LogP contribution in [0.2, 0.25) is 0 Å². The maximum Gasteiger partial charge on any atom is 0.254 e. The molecular formula is C18H15FN2O2. The number of benzene rings is 1. The molecule has 5 heteroatoms. The zero-order valence-corrected chi connectivity index (χ0v) is 12.3. The molecule has 6 atom stereocenters. The summed E-state index contributed by atoms with van der Waals surface area (Å²) in [5, 5.41) is 5.14. The Kier molecular flexibility index (Phi) is 2.50. The number of carbonyl (C=O) groups is 2. The van der Waals surface area contributed by atoms with Crippen molar-refractivity contribution in [2.24, 2.45) is 40.6 Å². The first kappa shape index (κ1) is 13.2. The predicted octanol–water partition coefficient (Wildman–Crippen LogP) is 2.21. The molecule has 0 spiro atoms. The maximum absolute atomic E-state index is 12.9. The summed E-state index contributed by atoms with van der Waals surface area (Å²) in [4.78, 5) is 25.4. The molecule has 4 nitrogen and oxygen atoms in total. The highest BCUT2D eigenvalue weighted by Gasteiger charge is 2.67. The van der Waals surface area contributed by atoms with Gasteiger partial charge in [-0.15, -0.1) is 0 Å². The molecule has 116 valence electrons. The van der Waals surface area contributed by atoms with Crippen LogP contribution in [0.5, 0.6) is 0 Å². The topological polar surface area (TPSA) is 49.7 Å². The molecule has 1 saturated heterocycles. The molecule has 0 unspecified atom stereocenters. The number of amides is 2. The lowest BCUT2D eigenvalue weighted by Gasteiger charge is -2.37. The summed E-state index contributed by atoms with van der Waals surface area (Å²) in [5.74, 6) is 0.440. The Balaban J connectivity index is 1.44. The molecule has 0 radical (unpaired) electrons. The van der Waals surface area contributed by atoms with Crippen molar-refractivity contribution in [3.63, 3.8) is 0 Å². The van der Waals surface area contributed by atoms with Gasteiger partial charge in [-0.2, -0.15) is 10.1 Å². The third-order valence-corrected chi connectivity index (χ3v) is 5.83. The van der Waals surface area contributed by atoms with Gasteiger partial charge in [-0.25, -0.2) is 4.39 Å². The van der Waals surface area contributed by atoms with Gasteiger partial charge in [0, 0.05) is 0 Å². The van der Waals surface area contributed by atoms with Gasteiger partial charge in [0.05, 0.1) is 18.1 Å². The highest BCUT2D eigenvalue weighted by molar-refractivity contribution is 6.06. The minimum atomic E-state index is -0.330. The number of halogens is 1. The minimum absolute atomic E-state index is 0.178. The van der Waals surface area contributed by atoms with E-state index in [2.05, 4.69) is 17.3 Å². The molecule has 1 aliphatic heterocycles. The van der Waals surface area contributed by atoms with E-state index in [0.29, 0.717) is 17.4 Å². The second-order valence-electron chi connectivity index (χ2n) is 6.94. The standard InChI is InChI=1S/C18H15FN2O2/c19-10-3-1-9(2-4-10)8-20-21-17(22)15-11-5-6-12(14-7-13(11)14)16(15)18(21)23/h1-6,8,11-16H,7H2/b20-8-/t11-,12+,13+,14-,15-,16+. The first-order chi connectivity index (χ1) is 11.1. The highest BCUT2D eigenvalue weighted by atomic mass is 19.1. The summed E-state index contributed by atoms with van der Waals surface area (Å²) >= 11 is 0. The van der Waals surface area contributed by atoms with Crippen molar-refractivity contribution < 1.29 is 14.0 Å². The van der Waals surface area contributed by atoms with Gasteiger partial charge in [0.25, 0.3) is 11.8 Å². The Hall–Kier alpha value is -2.30. The van der Waals surface area contributed by atoms with Gasteiger partial charge < -0.3 is 0 Å². The van der Waals surface area contributed by atoms with Crippen molar-refractivity contribution in [1.82, 2.24) is 5.01 Å². The summed E-state index contributed by atoms with van der Waals surface area (Å²) in [6, 6.07) is 5.79. The lowest BCUT2D eigenvalue weighted by atomic mass is 9.63. The van der Waals surface area contributed by atoms with Crippen LogP contribution >= 0.6 is 0 Å². The molecule has 6 rings (SSSR count). The van der Waals surface area contributed by atoms with Gasteiger partial charge in [0.1, 0.15) is 5.82 Å². The van der Waals surface area contributed by atoms with Crippen LogP contribution in [0, 0.1) is 41.3 Å². The molecule has 1 aromatic carbocycles. The van der Waals surface area contributed by atoms with Crippen molar-refractivity contribution in [3.05, 3.63) is 47.8 Å². The van der Waals surface area contributed by atoms with E-state index in [-0.39, 0.29) is 41.3 Å². The second-order valence-corrected chi connectivity index (χ2v) is 6.94. The molecule has 0 N–H and O–H groups in total. The van der Waals surface area contributed by atoms with Gasteiger partial charge in [0.15, 0.2) is 0 Å². The van der Waals surface area contributed by atoms with E-state index in [1.54, 1.807) is 12.1 Å². The van der Waals surface area contributed by atoms with Gasteiger partial charge in [-0.05, 0) is 47.8 Å². The SMILES string of the molecule is O=C1[C@@H]2[C@@H]3C=C[C@@H]([C@H]4C[C@@H]34)[C@@H]2C(=O)N1/N=C\c1ccc(F)cc1. The molecule has 4 aliphatic carbocycles. The Bertz CT molecular complexity index is 734. The molecule has 3 fully saturated rings. The van der Waals surface area contributed by atoms with Crippen LogP contribution in [-0.2, 0) is 9.59 Å². The largest absolute Gasteiger partial charge is 0.272 e. The van der Waals surface area contributed by atoms with Crippen molar-refractivity contribution in [2.45, 2.75) is 6.42 Å². The normalized spacial score (nSPS) is 40.0. The van der Waals surface area contributed by atoms with E-state index in [1.807, 2.05) is 0 Å². The molecule has 23 heavy (non-hydrogen) atoms. The number of rotatable bonds is 2. The Morgan fingerprint density at radius 1 is 1.00 bits per heavy atom. The molecular weight excluding hydrogens is 295 g/mol. The predicted molar refractivity (Wildman–Crippen MR) is 80.5 cm³/mol. The van der Waals surface area contributed by atoms with Crippen molar-refractivity contribution in [1.29, 1.82) is 0 Å². The number of nitrogens with zero attached hydrogens (tertiary/aromatic N) is 2. The molecule has 5 aliphatic rings. The Labute approximate surface area is 132 Å². The van der Waals surface area contributed by atoms with E-state index in [1.165, 1.54) is 18.3 Å². The summed E-state index contributed by atoms with van der Waals surface area (Å²) in [6.45, 7) is 0. The summed E-state index contributed by atoms with van der Waals surface area (Å²) < 4.78 is 12.9. The summed E-state index contributed by atoms with van der Waals surface area (Å²) in [6.07, 6.45) is 6.87. The number of hydrazone groups is 1. The van der Waals surface area contributed by atoms with E-state index >= 15 is 0 Å². The highest BCUT2D eigenvalue weighted by Crippen LogP contribution is 2.65. The monoisotopic (exact) mass is 310 g/mol. The van der Waals surface area contributed by atoms with Gasteiger partial charge in [-0.3, -0.25) is 9.59 Å². The van der Waals surface area contributed by atoms with Gasteiger partial charge in [0.2, 0.25) is 0 Å². The fraction of sp³-hybridized carbons (Fsp3) is 0.389. The molecule has 1 heterocycles. The van der Waals surface area contributed by atoms with Crippen LogP contribution in [0.15, 0.2) is 41.5 Å². The van der Waals surface area contributed by atoms with E-state index in [0.717, 1.165) is 11.4 Å². The summed E-state index contributed by atoms with van der Waals surface area (Å²) in [7, 11) is 0. The average Bonchev–Trinajstić information content (AvgIpc) is 3.33. The van der Waals surface area contributed by atoms with Crippen LogP contribution in [0.1, 0.15) is 12.0 Å². The second kappa shape index (κ2) is 4.37. The van der Waals surface area contributed by atoms with Crippen molar-refractivity contribution >= 4 is 18.0 Å². The first-order valence-electron chi connectivity index (χ1n) is 8.01. The zero-order chi connectivity index (χ0) is 15.7. The van der Waals surface area contributed by atoms with Crippen LogP contribution in [0.25, 0.3) is 0 Å². The lowest BCUT2D eigenvalue weighted by molar-refractivity contribution is -0.140. The lowest BCUT2D eigenvalue weighted by Crippen LogP contribution is -2.40. The van der Waals surface area contributed by atoms with Crippen molar-refractivity contribution in [2.75, 3.05) is 0 Å². The Morgan fingerprint density at radius 2 is 1.57 bits per heavy atom. The Morgan fingerprint density at radius 3 is 2.13 bits per heavy atom. The molecule has 2 bridgehead atoms. The van der Waals surface area contributed by atoms with Crippen LogP contribution < -0.4 is 0 Å². The first-order valence-corrected chi connectivity index (χ1v) is 8.01.